The van der Waals surface area contributed by atoms with Crippen molar-refractivity contribution in [3.05, 3.63) is 0 Å². The highest BCUT2D eigenvalue weighted by atomic mass is 127. The van der Waals surface area contributed by atoms with E-state index in [4.69, 9.17) is 0 Å². The summed E-state index contributed by atoms with van der Waals surface area (Å²) in [7, 11) is 0. The van der Waals surface area contributed by atoms with E-state index < -0.39 is 0 Å². The molecular formula is C8H16INO. The predicted molar refractivity (Wildman–Crippen MR) is 55.5 cm³/mol. The van der Waals surface area contributed by atoms with Crippen molar-refractivity contribution in [3.8, 4) is 0 Å². The van der Waals surface area contributed by atoms with Crippen molar-refractivity contribution in [1.82, 2.24) is 3.11 Å². The zero-order valence-corrected chi connectivity index (χ0v) is 9.75. The van der Waals surface area contributed by atoms with Crippen LogP contribution < -0.4 is 0 Å². The summed E-state index contributed by atoms with van der Waals surface area (Å²) in [5.41, 5.74) is 0. The van der Waals surface area contributed by atoms with E-state index in [1.165, 1.54) is 0 Å². The number of carbonyl (C=O) groups is 1. The van der Waals surface area contributed by atoms with Crippen molar-refractivity contribution in [2.24, 2.45) is 5.92 Å². The van der Waals surface area contributed by atoms with Gasteiger partial charge in [0.05, 0.1) is 22.9 Å². The lowest BCUT2D eigenvalue weighted by Gasteiger charge is -2.19. The molecular weight excluding hydrogens is 253 g/mol. The third kappa shape index (κ3) is 4.61. The highest BCUT2D eigenvalue weighted by molar-refractivity contribution is 14.1. The average Bonchev–Trinajstić information content (AvgIpc) is 1.84. The van der Waals surface area contributed by atoms with Gasteiger partial charge in [-0.3, -0.25) is 7.91 Å². The van der Waals surface area contributed by atoms with E-state index >= 15 is 0 Å². The van der Waals surface area contributed by atoms with Crippen LogP contribution in [0.3, 0.4) is 0 Å². The number of hydrogen-bond donors (Lipinski definition) is 0. The highest BCUT2D eigenvalue weighted by Crippen LogP contribution is 2.11. The van der Waals surface area contributed by atoms with Crippen LogP contribution in [0.5, 0.6) is 0 Å². The van der Waals surface area contributed by atoms with E-state index in [9.17, 15) is 4.79 Å². The molecule has 0 saturated heterocycles. The Hall–Kier alpha value is 0.200. The topological polar surface area (TPSA) is 20.3 Å². The first kappa shape index (κ1) is 11.2. The van der Waals surface area contributed by atoms with Gasteiger partial charge in [0.15, 0.2) is 0 Å². The summed E-state index contributed by atoms with van der Waals surface area (Å²) in [5.74, 6) is 0.689. The molecule has 0 aromatic carbocycles. The molecule has 0 aromatic rings. The fourth-order valence-corrected chi connectivity index (χ4v) is 0.921. The fraction of sp³-hybridized carbons (Fsp3) is 0.875. The second kappa shape index (κ2) is 4.95. The van der Waals surface area contributed by atoms with Crippen molar-refractivity contribution in [3.63, 3.8) is 0 Å². The molecule has 0 saturated carbocycles. The Balaban J connectivity index is 3.83. The predicted octanol–water partition coefficient (Wildman–Crippen LogP) is 2.62. The Morgan fingerprint density at radius 1 is 1.36 bits per heavy atom. The second-order valence-corrected chi connectivity index (χ2v) is 4.44. The van der Waals surface area contributed by atoms with Gasteiger partial charge in [0.1, 0.15) is 0 Å². The summed E-state index contributed by atoms with van der Waals surface area (Å²) in [6, 6.07) is 0.307. The first-order valence-corrected chi connectivity index (χ1v) is 4.89. The van der Waals surface area contributed by atoms with Crippen LogP contribution in [-0.2, 0) is 4.79 Å². The number of hydrogen-bond acceptors (Lipinski definition) is 1. The van der Waals surface area contributed by atoms with Crippen LogP contribution in [0, 0.1) is 5.92 Å². The molecule has 0 bridgehead atoms. The Kier molecular flexibility index (Phi) is 5.04. The molecule has 0 fully saturated rings. The summed E-state index contributed by atoms with van der Waals surface area (Å²) in [6.07, 6.45) is 0.654. The number of nitrogens with zero attached hydrogens (tertiary/aromatic N) is 1. The number of rotatable bonds is 3. The van der Waals surface area contributed by atoms with E-state index in [0.29, 0.717) is 18.4 Å². The smallest absolute Gasteiger partial charge is 0.231 e. The lowest BCUT2D eigenvalue weighted by Crippen LogP contribution is -2.28. The molecule has 0 atom stereocenters. The molecule has 3 heteroatoms. The van der Waals surface area contributed by atoms with Crippen LogP contribution >= 0.6 is 22.9 Å². The molecule has 0 aromatic heterocycles. The van der Waals surface area contributed by atoms with Gasteiger partial charge in [-0.2, -0.15) is 0 Å². The molecule has 0 unspecified atom stereocenters. The second-order valence-electron chi connectivity index (χ2n) is 3.40. The number of amides is 1. The molecule has 0 radical (unpaired) electrons. The van der Waals surface area contributed by atoms with Gasteiger partial charge in [-0.25, -0.2) is 0 Å². The van der Waals surface area contributed by atoms with Gasteiger partial charge in [0.2, 0.25) is 5.91 Å². The van der Waals surface area contributed by atoms with Gasteiger partial charge in [-0.05, 0) is 19.8 Å². The third-order valence-corrected chi connectivity index (χ3v) is 2.93. The van der Waals surface area contributed by atoms with E-state index in [1.807, 2.05) is 13.8 Å². The van der Waals surface area contributed by atoms with E-state index in [0.717, 1.165) is 0 Å². The Bertz CT molecular complexity index is 134. The van der Waals surface area contributed by atoms with Gasteiger partial charge < -0.3 is 0 Å². The minimum absolute atomic E-state index is 0.232. The molecule has 0 aliphatic rings. The third-order valence-electron chi connectivity index (χ3n) is 1.27. The zero-order valence-electron chi connectivity index (χ0n) is 7.60. The number of carbonyl (C=O) groups excluding carboxylic acids is 1. The molecule has 11 heavy (non-hydrogen) atoms. The monoisotopic (exact) mass is 269 g/mol. The molecule has 0 aliphatic carbocycles. The van der Waals surface area contributed by atoms with Crippen LogP contribution in [-0.4, -0.2) is 15.1 Å². The maximum absolute atomic E-state index is 11.3. The molecule has 0 rings (SSSR count). The molecule has 1 amide bonds. The van der Waals surface area contributed by atoms with Crippen molar-refractivity contribution >= 4 is 28.8 Å². The average molecular weight is 269 g/mol. The van der Waals surface area contributed by atoms with E-state index in [1.54, 1.807) is 3.11 Å². The van der Waals surface area contributed by atoms with Gasteiger partial charge in [-0.1, -0.05) is 13.8 Å². The lowest BCUT2D eigenvalue weighted by molar-refractivity contribution is -0.126. The first-order chi connectivity index (χ1) is 4.95. The molecule has 2 nitrogen and oxygen atoms in total. The minimum atomic E-state index is 0.232. The van der Waals surface area contributed by atoms with Crippen molar-refractivity contribution < 1.29 is 4.79 Å². The van der Waals surface area contributed by atoms with Gasteiger partial charge in [0, 0.05) is 12.5 Å². The molecule has 0 N–H and O–H groups in total. The van der Waals surface area contributed by atoms with Crippen molar-refractivity contribution in [2.45, 2.75) is 40.2 Å². The van der Waals surface area contributed by atoms with Crippen LogP contribution in [0.2, 0.25) is 0 Å². The SMILES string of the molecule is CC(C)CC(=O)N(I)C(C)C. The van der Waals surface area contributed by atoms with E-state index in [-0.39, 0.29) is 5.91 Å². The summed E-state index contributed by atoms with van der Waals surface area (Å²) in [4.78, 5) is 11.3. The van der Waals surface area contributed by atoms with Crippen LogP contribution in [0.25, 0.3) is 0 Å². The van der Waals surface area contributed by atoms with Crippen molar-refractivity contribution in [2.75, 3.05) is 0 Å². The quantitative estimate of drug-likeness (QED) is 0.569. The molecule has 0 aliphatic heterocycles. The highest BCUT2D eigenvalue weighted by Gasteiger charge is 2.14. The molecule has 0 spiro atoms. The Labute approximate surface area is 82.8 Å². The summed E-state index contributed by atoms with van der Waals surface area (Å²) >= 11 is 2.07. The normalized spacial score (nSPS) is 10.8. The molecule has 66 valence electrons. The Morgan fingerprint density at radius 2 is 1.82 bits per heavy atom. The minimum Gasteiger partial charge on any atom is -0.282 e. The van der Waals surface area contributed by atoms with Crippen LogP contribution in [0.4, 0.5) is 0 Å². The fourth-order valence-electron chi connectivity index (χ4n) is 0.724. The summed E-state index contributed by atoms with van der Waals surface area (Å²) in [6.45, 7) is 8.15. The van der Waals surface area contributed by atoms with Gasteiger partial charge in [-0.15, -0.1) is 0 Å². The summed E-state index contributed by atoms with van der Waals surface area (Å²) in [5, 5.41) is 0. The lowest BCUT2D eigenvalue weighted by atomic mass is 10.1. The maximum Gasteiger partial charge on any atom is 0.231 e. The van der Waals surface area contributed by atoms with Crippen LogP contribution in [0.1, 0.15) is 34.1 Å². The van der Waals surface area contributed by atoms with E-state index in [2.05, 4.69) is 36.7 Å². The van der Waals surface area contributed by atoms with Gasteiger partial charge in [0.25, 0.3) is 0 Å². The van der Waals surface area contributed by atoms with Crippen LogP contribution in [0.15, 0.2) is 0 Å². The molecule has 0 heterocycles. The van der Waals surface area contributed by atoms with Crippen molar-refractivity contribution in [1.29, 1.82) is 0 Å². The zero-order chi connectivity index (χ0) is 9.02. The standard InChI is InChI=1S/C8H16INO/c1-6(2)5-8(11)10(9)7(3)4/h6-7H,5H2,1-4H3. The van der Waals surface area contributed by atoms with Gasteiger partial charge >= 0.3 is 0 Å². The number of halogens is 1. The maximum atomic E-state index is 11.3. The Morgan fingerprint density at radius 3 is 2.09 bits per heavy atom. The summed E-state index contributed by atoms with van der Waals surface area (Å²) < 4.78 is 1.76. The largest absolute Gasteiger partial charge is 0.282 e. The first-order valence-electron chi connectivity index (χ1n) is 3.93.